The van der Waals surface area contributed by atoms with Crippen LogP contribution in [0.15, 0.2) is 48.5 Å². The van der Waals surface area contributed by atoms with Crippen LogP contribution in [0.4, 0.5) is 4.39 Å². The van der Waals surface area contributed by atoms with Gasteiger partial charge in [-0.05, 0) is 17.2 Å². The van der Waals surface area contributed by atoms with Gasteiger partial charge in [-0.2, -0.15) is 0 Å². The summed E-state index contributed by atoms with van der Waals surface area (Å²) in [6, 6.07) is 14.9. The third-order valence-electron chi connectivity index (χ3n) is 4.76. The molecule has 4 nitrogen and oxygen atoms in total. The largest absolute Gasteiger partial charge is 0.497 e. The summed E-state index contributed by atoms with van der Waals surface area (Å²) in [7, 11) is 2.88. The van der Waals surface area contributed by atoms with Gasteiger partial charge in [0.05, 0.1) is 20.1 Å². The van der Waals surface area contributed by atoms with Crippen LogP contribution in [0.25, 0.3) is 0 Å². The van der Waals surface area contributed by atoms with Crippen LogP contribution in [0.5, 0.6) is 5.75 Å². The van der Waals surface area contributed by atoms with Crippen molar-refractivity contribution in [3.05, 3.63) is 65.5 Å². The van der Waals surface area contributed by atoms with Crippen molar-refractivity contribution in [1.82, 2.24) is 4.90 Å². The molecule has 132 valence electrons. The van der Waals surface area contributed by atoms with Gasteiger partial charge in [0.15, 0.2) is 0 Å². The van der Waals surface area contributed by atoms with Crippen molar-refractivity contribution in [2.45, 2.75) is 12.5 Å². The first kappa shape index (κ1) is 17.4. The Morgan fingerprint density at radius 2 is 1.92 bits per heavy atom. The first-order valence-electron chi connectivity index (χ1n) is 8.30. The topological polar surface area (TPSA) is 38.8 Å². The number of carbonyl (C=O) groups is 1. The summed E-state index contributed by atoms with van der Waals surface area (Å²) in [5.41, 5.74) is 1.70. The van der Waals surface area contributed by atoms with E-state index in [-0.39, 0.29) is 23.6 Å². The molecule has 1 heterocycles. The summed E-state index contributed by atoms with van der Waals surface area (Å²) >= 11 is 0. The normalized spacial score (nSPS) is 20.4. The number of esters is 1. The van der Waals surface area contributed by atoms with Gasteiger partial charge in [0.1, 0.15) is 11.6 Å². The summed E-state index contributed by atoms with van der Waals surface area (Å²) in [5.74, 6) is -0.788. The molecule has 2 atom stereocenters. The lowest BCUT2D eigenvalue weighted by molar-refractivity contribution is -0.145. The minimum atomic E-state index is -0.378. The SMILES string of the molecule is COC(=O)[C@@H]1CN(Cc2ccccc2)C[C@H]1c1ccc(OC)cc1F. The molecule has 0 bridgehead atoms. The molecule has 1 fully saturated rings. The summed E-state index contributed by atoms with van der Waals surface area (Å²) in [5, 5.41) is 0. The lowest BCUT2D eigenvalue weighted by atomic mass is 9.88. The highest BCUT2D eigenvalue weighted by Crippen LogP contribution is 2.36. The average Bonchev–Trinajstić information content (AvgIpc) is 3.05. The van der Waals surface area contributed by atoms with Crippen molar-refractivity contribution in [3.63, 3.8) is 0 Å². The Labute approximate surface area is 147 Å². The number of likely N-dealkylation sites (tertiary alicyclic amines) is 1. The van der Waals surface area contributed by atoms with E-state index in [1.54, 1.807) is 12.1 Å². The van der Waals surface area contributed by atoms with E-state index in [2.05, 4.69) is 17.0 Å². The summed E-state index contributed by atoms with van der Waals surface area (Å²) in [6.07, 6.45) is 0. The molecule has 0 saturated carbocycles. The minimum Gasteiger partial charge on any atom is -0.497 e. The second-order valence-corrected chi connectivity index (χ2v) is 6.30. The van der Waals surface area contributed by atoms with E-state index < -0.39 is 0 Å². The molecule has 0 radical (unpaired) electrons. The number of rotatable bonds is 5. The van der Waals surface area contributed by atoms with Crippen LogP contribution in [0, 0.1) is 11.7 Å². The number of nitrogens with zero attached hydrogens (tertiary/aromatic N) is 1. The van der Waals surface area contributed by atoms with Gasteiger partial charge >= 0.3 is 5.97 Å². The lowest BCUT2D eigenvalue weighted by Gasteiger charge is -2.18. The maximum Gasteiger partial charge on any atom is 0.310 e. The highest BCUT2D eigenvalue weighted by Gasteiger charge is 2.40. The second-order valence-electron chi connectivity index (χ2n) is 6.30. The van der Waals surface area contributed by atoms with Crippen LogP contribution in [0.2, 0.25) is 0 Å². The fraction of sp³-hybridized carbons (Fsp3) is 0.350. The predicted octanol–water partition coefficient (Wildman–Crippen LogP) is 3.22. The predicted molar refractivity (Wildman–Crippen MR) is 92.9 cm³/mol. The molecule has 0 amide bonds. The van der Waals surface area contributed by atoms with E-state index in [1.807, 2.05) is 18.2 Å². The quantitative estimate of drug-likeness (QED) is 0.782. The number of carbonyl (C=O) groups excluding carboxylic acids is 1. The fourth-order valence-electron chi connectivity index (χ4n) is 3.50. The molecule has 3 rings (SSSR count). The molecule has 25 heavy (non-hydrogen) atoms. The number of hydrogen-bond donors (Lipinski definition) is 0. The highest BCUT2D eigenvalue weighted by molar-refractivity contribution is 5.74. The van der Waals surface area contributed by atoms with E-state index in [0.717, 1.165) is 6.54 Å². The van der Waals surface area contributed by atoms with Crippen molar-refractivity contribution in [2.75, 3.05) is 27.3 Å². The molecular formula is C20H22FNO3. The van der Waals surface area contributed by atoms with Gasteiger partial charge in [-0.3, -0.25) is 9.69 Å². The highest BCUT2D eigenvalue weighted by atomic mass is 19.1. The van der Waals surface area contributed by atoms with Crippen molar-refractivity contribution in [1.29, 1.82) is 0 Å². The van der Waals surface area contributed by atoms with Crippen LogP contribution in [-0.2, 0) is 16.1 Å². The Balaban J connectivity index is 1.84. The summed E-state index contributed by atoms with van der Waals surface area (Å²) in [6.45, 7) is 1.89. The number of halogens is 1. The first-order valence-corrected chi connectivity index (χ1v) is 8.30. The van der Waals surface area contributed by atoms with Crippen molar-refractivity contribution in [2.24, 2.45) is 5.92 Å². The van der Waals surface area contributed by atoms with Crippen molar-refractivity contribution >= 4 is 5.97 Å². The molecule has 1 aliphatic heterocycles. The van der Waals surface area contributed by atoms with E-state index in [1.165, 1.54) is 25.8 Å². The van der Waals surface area contributed by atoms with Gasteiger partial charge in [-0.25, -0.2) is 4.39 Å². The number of benzene rings is 2. The van der Waals surface area contributed by atoms with Crippen LogP contribution >= 0.6 is 0 Å². The molecule has 0 aromatic heterocycles. The van der Waals surface area contributed by atoms with Crippen molar-refractivity contribution in [3.8, 4) is 5.75 Å². The Kier molecular flexibility index (Phi) is 5.34. The Morgan fingerprint density at radius 3 is 2.56 bits per heavy atom. The third-order valence-corrected chi connectivity index (χ3v) is 4.76. The van der Waals surface area contributed by atoms with Gasteiger partial charge in [0.25, 0.3) is 0 Å². The second kappa shape index (κ2) is 7.66. The Bertz CT molecular complexity index is 735. The number of hydrogen-bond acceptors (Lipinski definition) is 4. The van der Waals surface area contributed by atoms with E-state index in [9.17, 15) is 9.18 Å². The molecule has 0 N–H and O–H groups in total. The van der Waals surface area contributed by atoms with Gasteiger partial charge in [0, 0.05) is 31.6 Å². The van der Waals surface area contributed by atoms with Gasteiger partial charge in [-0.15, -0.1) is 0 Å². The molecule has 0 aliphatic carbocycles. The Hall–Kier alpha value is -2.40. The molecule has 2 aromatic carbocycles. The van der Waals surface area contributed by atoms with E-state index >= 15 is 0 Å². The van der Waals surface area contributed by atoms with Crippen molar-refractivity contribution < 1.29 is 18.7 Å². The Morgan fingerprint density at radius 1 is 1.16 bits per heavy atom. The van der Waals surface area contributed by atoms with Crippen LogP contribution < -0.4 is 4.74 Å². The molecular weight excluding hydrogens is 321 g/mol. The fourth-order valence-corrected chi connectivity index (χ4v) is 3.50. The standard InChI is InChI=1S/C20H22FNO3/c1-24-15-8-9-16(19(21)10-15)17-12-22(13-18(17)20(23)25-2)11-14-6-4-3-5-7-14/h3-10,17-18H,11-13H2,1-2H3/t17-,18+/m0/s1. The van der Waals surface area contributed by atoms with Crippen LogP contribution in [0.1, 0.15) is 17.0 Å². The minimum absolute atomic E-state index is 0.234. The number of methoxy groups -OCH3 is 2. The maximum absolute atomic E-state index is 14.5. The molecule has 1 aliphatic rings. The maximum atomic E-state index is 14.5. The molecule has 2 aromatic rings. The van der Waals surface area contributed by atoms with Gasteiger partial charge in [0.2, 0.25) is 0 Å². The summed E-state index contributed by atoms with van der Waals surface area (Å²) < 4.78 is 24.6. The smallest absolute Gasteiger partial charge is 0.310 e. The molecule has 1 saturated heterocycles. The van der Waals surface area contributed by atoms with E-state index in [0.29, 0.717) is 24.4 Å². The van der Waals surface area contributed by atoms with Crippen LogP contribution in [-0.4, -0.2) is 38.2 Å². The van der Waals surface area contributed by atoms with E-state index in [4.69, 9.17) is 9.47 Å². The van der Waals surface area contributed by atoms with Crippen LogP contribution in [0.3, 0.4) is 0 Å². The zero-order valence-corrected chi connectivity index (χ0v) is 14.4. The molecule has 5 heteroatoms. The summed E-state index contributed by atoms with van der Waals surface area (Å²) in [4.78, 5) is 14.4. The number of ether oxygens (including phenoxy) is 2. The zero-order valence-electron chi connectivity index (χ0n) is 14.4. The monoisotopic (exact) mass is 343 g/mol. The third kappa shape index (κ3) is 3.82. The first-order chi connectivity index (χ1) is 12.1. The van der Waals surface area contributed by atoms with Gasteiger partial charge in [-0.1, -0.05) is 36.4 Å². The van der Waals surface area contributed by atoms with Gasteiger partial charge < -0.3 is 9.47 Å². The average molecular weight is 343 g/mol. The molecule has 0 unspecified atom stereocenters. The zero-order chi connectivity index (χ0) is 17.8. The molecule has 0 spiro atoms. The lowest BCUT2D eigenvalue weighted by Crippen LogP contribution is -2.24.